The van der Waals surface area contributed by atoms with Crippen LogP contribution in [0.25, 0.3) is 0 Å². The number of carbonyl (C=O) groups excluding carboxylic acids is 1. The number of ether oxygens (including phenoxy) is 1. The van der Waals surface area contributed by atoms with Crippen LogP contribution < -0.4 is 10.1 Å². The van der Waals surface area contributed by atoms with Crippen LogP contribution in [0.15, 0.2) is 59.8 Å². The molecule has 0 unspecified atom stereocenters. The van der Waals surface area contributed by atoms with Gasteiger partial charge in [-0.25, -0.2) is 4.98 Å². The first-order valence-electron chi connectivity index (χ1n) is 8.77. The summed E-state index contributed by atoms with van der Waals surface area (Å²) in [6, 6.07) is 16.9. The Bertz CT molecular complexity index is 882. The van der Waals surface area contributed by atoms with Crippen molar-refractivity contribution in [3.8, 4) is 5.75 Å². The molecule has 1 amide bonds. The second-order valence-electron chi connectivity index (χ2n) is 5.94. The molecule has 7 heteroatoms. The number of anilines is 1. The highest BCUT2D eigenvalue weighted by Gasteiger charge is 2.24. The quantitative estimate of drug-likeness (QED) is 0.570. The maximum atomic E-state index is 13.0. The van der Waals surface area contributed by atoms with Crippen molar-refractivity contribution < 1.29 is 9.53 Å². The molecule has 0 radical (unpaired) electrons. The highest BCUT2D eigenvalue weighted by Crippen LogP contribution is 2.34. The van der Waals surface area contributed by atoms with Crippen molar-refractivity contribution >= 4 is 23.4 Å². The molecule has 2 aromatic carbocycles. The highest BCUT2D eigenvalue weighted by atomic mass is 32.2. The third kappa shape index (κ3) is 5.10. The largest absolute Gasteiger partial charge is 0.497 e. The zero-order chi connectivity index (χ0) is 19.1. The fourth-order valence-electron chi connectivity index (χ4n) is 2.59. The molecule has 0 aliphatic rings. The van der Waals surface area contributed by atoms with Gasteiger partial charge in [0.05, 0.1) is 7.11 Å². The van der Waals surface area contributed by atoms with Crippen molar-refractivity contribution in [2.45, 2.75) is 30.2 Å². The molecule has 140 valence electrons. The Hall–Kier alpha value is -2.80. The summed E-state index contributed by atoms with van der Waals surface area (Å²) in [7, 11) is 1.60. The Balaban J connectivity index is 1.81. The van der Waals surface area contributed by atoms with Gasteiger partial charge in [-0.15, -0.1) is 5.10 Å². The Kier molecular flexibility index (Phi) is 6.49. The average molecular weight is 382 g/mol. The number of carbonyl (C=O) groups is 1. The minimum Gasteiger partial charge on any atom is -0.497 e. The smallest absolute Gasteiger partial charge is 0.242 e. The summed E-state index contributed by atoms with van der Waals surface area (Å²) in [4.78, 5) is 17.5. The van der Waals surface area contributed by atoms with E-state index in [9.17, 15) is 4.79 Å². The molecule has 0 aliphatic carbocycles. The number of benzene rings is 2. The van der Waals surface area contributed by atoms with Gasteiger partial charge in [-0.3, -0.25) is 9.89 Å². The number of hydrogen-bond donors (Lipinski definition) is 2. The number of H-pyrrole nitrogens is 1. The van der Waals surface area contributed by atoms with Crippen molar-refractivity contribution in [2.75, 3.05) is 12.4 Å². The second-order valence-corrected chi connectivity index (χ2v) is 7.02. The third-order valence-corrected chi connectivity index (χ3v) is 5.01. The van der Waals surface area contributed by atoms with E-state index in [4.69, 9.17) is 4.74 Å². The van der Waals surface area contributed by atoms with E-state index in [1.807, 2.05) is 48.5 Å². The van der Waals surface area contributed by atoms with Crippen LogP contribution in [-0.4, -0.2) is 28.2 Å². The molecular formula is C20H22N4O2S. The molecule has 27 heavy (non-hydrogen) atoms. The molecule has 1 atom stereocenters. The van der Waals surface area contributed by atoms with Gasteiger partial charge in [0, 0.05) is 18.2 Å². The molecule has 2 N–H and O–H groups in total. The van der Waals surface area contributed by atoms with Gasteiger partial charge in [0.2, 0.25) is 11.1 Å². The lowest BCUT2D eigenvalue weighted by Gasteiger charge is -2.15. The average Bonchev–Trinajstić information content (AvgIpc) is 3.14. The van der Waals surface area contributed by atoms with Crippen molar-refractivity contribution in [1.82, 2.24) is 15.2 Å². The number of aromatic amines is 1. The summed E-state index contributed by atoms with van der Waals surface area (Å²) in [5.74, 6) is 1.39. The number of nitrogens with one attached hydrogen (secondary N) is 2. The summed E-state index contributed by atoms with van der Waals surface area (Å²) >= 11 is 1.33. The van der Waals surface area contributed by atoms with Crippen LogP contribution in [0.1, 0.15) is 30.0 Å². The van der Waals surface area contributed by atoms with Crippen molar-refractivity contribution in [3.63, 3.8) is 0 Å². The summed E-state index contributed by atoms with van der Waals surface area (Å²) in [5, 5.41) is 10.2. The number of thioether (sulfide) groups is 1. The van der Waals surface area contributed by atoms with Crippen molar-refractivity contribution in [1.29, 1.82) is 0 Å². The zero-order valence-corrected chi connectivity index (χ0v) is 16.1. The molecule has 6 nitrogen and oxygen atoms in total. The Morgan fingerprint density at radius 1 is 1.22 bits per heavy atom. The Morgan fingerprint density at radius 3 is 2.78 bits per heavy atom. The minimum absolute atomic E-state index is 0.138. The van der Waals surface area contributed by atoms with Crippen LogP contribution >= 0.6 is 11.8 Å². The number of hydrogen-bond acceptors (Lipinski definition) is 5. The number of aromatic nitrogens is 3. The molecule has 0 spiro atoms. The van der Waals surface area contributed by atoms with Gasteiger partial charge in [-0.1, -0.05) is 55.1 Å². The molecule has 0 bridgehead atoms. The fourth-order valence-corrected chi connectivity index (χ4v) is 3.53. The highest BCUT2D eigenvalue weighted by molar-refractivity contribution is 8.00. The van der Waals surface area contributed by atoms with Gasteiger partial charge < -0.3 is 10.1 Å². The van der Waals surface area contributed by atoms with E-state index in [0.717, 1.165) is 24.2 Å². The van der Waals surface area contributed by atoms with Gasteiger partial charge in [0.15, 0.2) is 0 Å². The molecule has 3 aromatic rings. The van der Waals surface area contributed by atoms with E-state index in [2.05, 4.69) is 27.4 Å². The summed E-state index contributed by atoms with van der Waals surface area (Å²) in [6.45, 7) is 2.09. The van der Waals surface area contributed by atoms with Gasteiger partial charge in [-0.2, -0.15) is 0 Å². The topological polar surface area (TPSA) is 79.9 Å². The molecule has 0 saturated heterocycles. The van der Waals surface area contributed by atoms with Crippen LogP contribution in [0.5, 0.6) is 5.75 Å². The lowest BCUT2D eigenvalue weighted by molar-refractivity contribution is -0.115. The molecular weight excluding hydrogens is 360 g/mol. The molecule has 0 aliphatic heterocycles. The van der Waals surface area contributed by atoms with Gasteiger partial charge in [0.1, 0.15) is 16.8 Å². The molecule has 0 fully saturated rings. The van der Waals surface area contributed by atoms with Crippen LogP contribution in [0, 0.1) is 0 Å². The van der Waals surface area contributed by atoms with Crippen molar-refractivity contribution in [2.24, 2.45) is 0 Å². The number of nitrogens with zero attached hydrogens (tertiary/aromatic N) is 2. The van der Waals surface area contributed by atoms with Gasteiger partial charge >= 0.3 is 0 Å². The first-order valence-corrected chi connectivity index (χ1v) is 9.65. The summed E-state index contributed by atoms with van der Waals surface area (Å²) in [6.07, 6.45) is 1.82. The molecule has 1 heterocycles. The van der Waals surface area contributed by atoms with E-state index in [1.165, 1.54) is 11.8 Å². The summed E-state index contributed by atoms with van der Waals surface area (Å²) < 4.78 is 5.22. The van der Waals surface area contributed by atoms with E-state index >= 15 is 0 Å². The van der Waals surface area contributed by atoms with Gasteiger partial charge in [0.25, 0.3) is 0 Å². The first-order chi connectivity index (χ1) is 13.2. The van der Waals surface area contributed by atoms with Crippen molar-refractivity contribution in [3.05, 3.63) is 66.0 Å². The number of amides is 1. The normalized spacial score (nSPS) is 11.8. The molecule has 1 aromatic heterocycles. The van der Waals surface area contributed by atoms with Crippen LogP contribution in [0.2, 0.25) is 0 Å². The maximum Gasteiger partial charge on any atom is 0.242 e. The lowest BCUT2D eigenvalue weighted by atomic mass is 10.1. The zero-order valence-electron chi connectivity index (χ0n) is 15.3. The summed E-state index contributed by atoms with van der Waals surface area (Å²) in [5.41, 5.74) is 1.58. The van der Waals surface area contributed by atoms with E-state index in [0.29, 0.717) is 16.6 Å². The second kappa shape index (κ2) is 9.23. The van der Waals surface area contributed by atoms with Crippen LogP contribution in [0.3, 0.4) is 0 Å². The first kappa shape index (κ1) is 19.0. The molecule has 3 rings (SSSR count). The van der Waals surface area contributed by atoms with E-state index in [1.54, 1.807) is 13.2 Å². The lowest BCUT2D eigenvalue weighted by Crippen LogP contribution is -2.19. The number of aryl methyl sites for hydroxylation is 1. The molecule has 0 saturated carbocycles. The van der Waals surface area contributed by atoms with Crippen LogP contribution in [0.4, 0.5) is 5.69 Å². The van der Waals surface area contributed by atoms with E-state index < -0.39 is 5.25 Å². The number of rotatable bonds is 8. The third-order valence-electron chi connectivity index (χ3n) is 3.90. The predicted octanol–water partition coefficient (Wildman–Crippen LogP) is 4.24. The Morgan fingerprint density at radius 2 is 2.04 bits per heavy atom. The fraction of sp³-hybridized carbons (Fsp3) is 0.250. The predicted molar refractivity (Wildman–Crippen MR) is 107 cm³/mol. The van der Waals surface area contributed by atoms with Gasteiger partial charge in [-0.05, 0) is 24.1 Å². The standard InChI is InChI=1S/C20H22N4O2S/c1-3-8-17-22-20(24-23-17)27-18(14-9-5-4-6-10-14)19(25)21-15-11-7-12-16(13-15)26-2/h4-7,9-13,18H,3,8H2,1-2H3,(H,21,25)(H,22,23,24)/t18-/m1/s1. The maximum absolute atomic E-state index is 13.0. The monoisotopic (exact) mass is 382 g/mol. The Labute approximate surface area is 162 Å². The van der Waals surface area contributed by atoms with E-state index in [-0.39, 0.29) is 5.91 Å². The SMILES string of the molecule is CCCc1nc(S[C@@H](C(=O)Nc2cccc(OC)c2)c2ccccc2)n[nH]1. The minimum atomic E-state index is -0.470. The van der Waals surface area contributed by atoms with Crippen LogP contribution in [-0.2, 0) is 11.2 Å². The number of methoxy groups -OCH3 is 1.